The summed E-state index contributed by atoms with van der Waals surface area (Å²) in [6.07, 6.45) is 6.00. The molecule has 1 aliphatic carbocycles. The minimum atomic E-state index is 0.0659. The maximum Gasteiger partial charge on any atom is 0.256 e. The van der Waals surface area contributed by atoms with Gasteiger partial charge in [-0.25, -0.2) is 0 Å². The van der Waals surface area contributed by atoms with Crippen molar-refractivity contribution in [2.45, 2.75) is 19.4 Å². The molecule has 0 atom stereocenters. The second-order valence-corrected chi connectivity index (χ2v) is 5.54. The van der Waals surface area contributed by atoms with Gasteiger partial charge in [0.2, 0.25) is 0 Å². The summed E-state index contributed by atoms with van der Waals surface area (Å²) in [6, 6.07) is 10.1. The van der Waals surface area contributed by atoms with Crippen molar-refractivity contribution in [3.63, 3.8) is 0 Å². The first-order valence-corrected chi connectivity index (χ1v) is 7.04. The molecule has 1 aromatic heterocycles. The van der Waals surface area contributed by atoms with Crippen molar-refractivity contribution >= 4 is 5.91 Å². The second kappa shape index (κ2) is 5.49. The number of hydrogen-bond donors (Lipinski definition) is 0. The summed E-state index contributed by atoms with van der Waals surface area (Å²) in [7, 11) is 1.87. The normalized spacial score (nSPS) is 14.2. The van der Waals surface area contributed by atoms with Crippen LogP contribution in [-0.4, -0.2) is 34.2 Å². The Hall–Kier alpha value is -2.10. The van der Waals surface area contributed by atoms with Gasteiger partial charge in [0.25, 0.3) is 5.91 Å². The predicted molar refractivity (Wildman–Crippen MR) is 77.5 cm³/mol. The van der Waals surface area contributed by atoms with Gasteiger partial charge in [-0.1, -0.05) is 30.3 Å². The molecule has 1 fully saturated rings. The molecule has 0 radical (unpaired) electrons. The van der Waals surface area contributed by atoms with Gasteiger partial charge in [0, 0.05) is 19.8 Å². The first-order valence-electron chi connectivity index (χ1n) is 7.04. The molecule has 0 spiro atoms. The van der Waals surface area contributed by atoms with E-state index in [0.717, 1.165) is 6.54 Å². The van der Waals surface area contributed by atoms with Gasteiger partial charge in [0.1, 0.15) is 0 Å². The van der Waals surface area contributed by atoms with Crippen molar-refractivity contribution in [2.24, 2.45) is 5.92 Å². The Morgan fingerprint density at radius 1 is 1.35 bits per heavy atom. The molecule has 2 aromatic rings. The summed E-state index contributed by atoms with van der Waals surface area (Å²) in [5, 5.41) is 4.28. The minimum absolute atomic E-state index is 0.0659. The molecule has 20 heavy (non-hydrogen) atoms. The van der Waals surface area contributed by atoms with Crippen LogP contribution in [0.5, 0.6) is 0 Å². The monoisotopic (exact) mass is 269 g/mol. The molecule has 4 heteroatoms. The Labute approximate surface area is 119 Å². The van der Waals surface area contributed by atoms with E-state index >= 15 is 0 Å². The van der Waals surface area contributed by atoms with Gasteiger partial charge in [-0.05, 0) is 24.3 Å². The van der Waals surface area contributed by atoms with E-state index in [4.69, 9.17) is 0 Å². The maximum absolute atomic E-state index is 12.2. The fraction of sp³-hybridized carbons (Fsp3) is 0.375. The van der Waals surface area contributed by atoms with Crippen LogP contribution < -0.4 is 0 Å². The molecule has 1 saturated carbocycles. The van der Waals surface area contributed by atoms with Crippen LogP contribution in [0.1, 0.15) is 28.8 Å². The van der Waals surface area contributed by atoms with Gasteiger partial charge in [-0.15, -0.1) is 0 Å². The highest BCUT2D eigenvalue weighted by molar-refractivity contribution is 5.93. The smallest absolute Gasteiger partial charge is 0.256 e. The SMILES string of the molecule is CN(CC1CC1)C(=O)c1cnn(Cc2ccccc2)c1. The Morgan fingerprint density at radius 3 is 2.80 bits per heavy atom. The number of benzene rings is 1. The molecule has 3 rings (SSSR count). The van der Waals surface area contributed by atoms with Crippen LogP contribution in [0.4, 0.5) is 0 Å². The Balaban J connectivity index is 1.65. The molecule has 104 valence electrons. The second-order valence-electron chi connectivity index (χ2n) is 5.54. The van der Waals surface area contributed by atoms with Crippen molar-refractivity contribution in [2.75, 3.05) is 13.6 Å². The third-order valence-electron chi connectivity index (χ3n) is 3.64. The van der Waals surface area contributed by atoms with E-state index in [9.17, 15) is 4.79 Å². The van der Waals surface area contributed by atoms with Crippen molar-refractivity contribution in [1.29, 1.82) is 0 Å². The highest BCUT2D eigenvalue weighted by Gasteiger charge is 2.25. The van der Waals surface area contributed by atoms with Gasteiger partial charge in [0.05, 0.1) is 18.3 Å². The van der Waals surface area contributed by atoms with E-state index in [1.807, 2.05) is 41.0 Å². The van der Waals surface area contributed by atoms with Gasteiger partial charge >= 0.3 is 0 Å². The summed E-state index contributed by atoms with van der Waals surface area (Å²) in [6.45, 7) is 1.56. The Morgan fingerprint density at radius 2 is 2.10 bits per heavy atom. The first-order chi connectivity index (χ1) is 9.72. The number of nitrogens with zero attached hydrogens (tertiary/aromatic N) is 3. The predicted octanol–water partition coefficient (Wildman–Crippen LogP) is 2.41. The number of amides is 1. The summed E-state index contributed by atoms with van der Waals surface area (Å²) in [5.41, 5.74) is 1.85. The van der Waals surface area contributed by atoms with Gasteiger partial charge in [-0.2, -0.15) is 5.10 Å². The lowest BCUT2D eigenvalue weighted by molar-refractivity contribution is 0.0788. The number of carbonyl (C=O) groups excluding carboxylic acids is 1. The molecule has 1 amide bonds. The summed E-state index contributed by atoms with van der Waals surface area (Å²) in [5.74, 6) is 0.777. The van der Waals surface area contributed by atoms with Gasteiger partial charge < -0.3 is 4.90 Å². The van der Waals surface area contributed by atoms with Crippen molar-refractivity contribution in [3.8, 4) is 0 Å². The van der Waals surface area contributed by atoms with E-state index in [2.05, 4.69) is 17.2 Å². The molecule has 1 heterocycles. The third kappa shape index (κ3) is 3.07. The lowest BCUT2D eigenvalue weighted by Crippen LogP contribution is -2.28. The molecule has 0 saturated heterocycles. The average molecular weight is 269 g/mol. The molecule has 1 aromatic carbocycles. The molecule has 1 aliphatic rings. The van der Waals surface area contributed by atoms with Crippen molar-refractivity contribution in [1.82, 2.24) is 14.7 Å². The van der Waals surface area contributed by atoms with Crippen LogP contribution in [0, 0.1) is 5.92 Å². The first kappa shape index (κ1) is 12.9. The summed E-state index contributed by atoms with van der Waals surface area (Å²) >= 11 is 0. The fourth-order valence-electron chi connectivity index (χ4n) is 2.32. The van der Waals surface area contributed by atoms with Gasteiger partial charge in [-0.3, -0.25) is 9.48 Å². The van der Waals surface area contributed by atoms with E-state index in [-0.39, 0.29) is 5.91 Å². The minimum Gasteiger partial charge on any atom is -0.341 e. The maximum atomic E-state index is 12.2. The average Bonchev–Trinajstić information content (AvgIpc) is 3.15. The summed E-state index contributed by atoms with van der Waals surface area (Å²) < 4.78 is 1.81. The highest BCUT2D eigenvalue weighted by Crippen LogP contribution is 2.29. The van der Waals surface area contributed by atoms with Crippen molar-refractivity contribution in [3.05, 3.63) is 53.9 Å². The van der Waals surface area contributed by atoms with Crippen LogP contribution in [0.25, 0.3) is 0 Å². The zero-order chi connectivity index (χ0) is 13.9. The fourth-order valence-corrected chi connectivity index (χ4v) is 2.32. The highest BCUT2D eigenvalue weighted by atomic mass is 16.2. The number of aromatic nitrogens is 2. The number of carbonyl (C=O) groups is 1. The topological polar surface area (TPSA) is 38.1 Å². The van der Waals surface area contributed by atoms with E-state index in [1.165, 1.54) is 18.4 Å². The molecule has 0 aliphatic heterocycles. The van der Waals surface area contributed by atoms with E-state index < -0.39 is 0 Å². The molecule has 0 unspecified atom stereocenters. The standard InChI is InChI=1S/C16H19N3O/c1-18(10-14-7-8-14)16(20)15-9-17-19(12-15)11-13-5-3-2-4-6-13/h2-6,9,12,14H,7-8,10-11H2,1H3. The molecule has 0 N–H and O–H groups in total. The largest absolute Gasteiger partial charge is 0.341 e. The zero-order valence-electron chi connectivity index (χ0n) is 11.7. The summed E-state index contributed by atoms with van der Waals surface area (Å²) in [4.78, 5) is 14.1. The van der Waals surface area contributed by atoms with Gasteiger partial charge in [0.15, 0.2) is 0 Å². The number of hydrogen-bond acceptors (Lipinski definition) is 2. The van der Waals surface area contributed by atoms with Crippen LogP contribution in [0.15, 0.2) is 42.7 Å². The van der Waals surface area contributed by atoms with E-state index in [1.54, 1.807) is 6.20 Å². The van der Waals surface area contributed by atoms with Crippen molar-refractivity contribution < 1.29 is 4.79 Å². The molecule has 4 nitrogen and oxygen atoms in total. The Kier molecular flexibility index (Phi) is 3.54. The molecule has 0 bridgehead atoms. The Bertz CT molecular complexity index is 587. The van der Waals surface area contributed by atoms with Crippen LogP contribution in [0.3, 0.4) is 0 Å². The van der Waals surface area contributed by atoms with Crippen LogP contribution in [-0.2, 0) is 6.54 Å². The van der Waals surface area contributed by atoms with Crippen LogP contribution in [0.2, 0.25) is 0 Å². The lowest BCUT2D eigenvalue weighted by atomic mass is 10.2. The number of rotatable bonds is 5. The molecular formula is C16H19N3O. The molecular weight excluding hydrogens is 250 g/mol. The van der Waals surface area contributed by atoms with Crippen LogP contribution >= 0.6 is 0 Å². The zero-order valence-corrected chi connectivity index (χ0v) is 11.7. The third-order valence-corrected chi connectivity index (χ3v) is 3.64. The van der Waals surface area contributed by atoms with E-state index in [0.29, 0.717) is 18.0 Å². The quantitative estimate of drug-likeness (QED) is 0.836. The lowest BCUT2D eigenvalue weighted by Gasteiger charge is -2.15.